The third-order valence-corrected chi connectivity index (χ3v) is 3.32. The molecule has 2 aromatic rings. The van der Waals surface area contributed by atoms with E-state index in [2.05, 4.69) is 0 Å². The van der Waals surface area contributed by atoms with E-state index in [0.29, 0.717) is 17.7 Å². The highest BCUT2D eigenvalue weighted by atomic mass is 16.5. The smallest absolute Gasteiger partial charge is 0.348 e. The average Bonchev–Trinajstić information content (AvgIpc) is 2.60. The number of esters is 1. The summed E-state index contributed by atoms with van der Waals surface area (Å²) in [7, 11) is 1.44. The molecule has 0 saturated carbocycles. The van der Waals surface area contributed by atoms with Crippen LogP contribution in [0.25, 0.3) is 6.08 Å². The lowest BCUT2D eigenvalue weighted by Crippen LogP contribution is -2.09. The Bertz CT molecular complexity index is 776. The fourth-order valence-corrected chi connectivity index (χ4v) is 2.08. The van der Waals surface area contributed by atoms with Crippen LogP contribution in [0.2, 0.25) is 0 Å². The predicted octanol–water partition coefficient (Wildman–Crippen LogP) is 3.09. The van der Waals surface area contributed by atoms with Crippen molar-refractivity contribution >= 4 is 12.0 Å². The summed E-state index contributed by atoms with van der Waals surface area (Å²) in [6.07, 6.45) is 1.94. The summed E-state index contributed by atoms with van der Waals surface area (Å²) >= 11 is 0. The molecule has 2 aromatic carbocycles. The number of hydrogen-bond donors (Lipinski definition) is 1. The van der Waals surface area contributed by atoms with Gasteiger partial charge in [-0.15, -0.1) is 0 Å². The van der Waals surface area contributed by atoms with E-state index in [4.69, 9.17) is 14.7 Å². The first-order valence-corrected chi connectivity index (χ1v) is 7.34. The summed E-state index contributed by atoms with van der Waals surface area (Å²) in [5, 5.41) is 18.9. The number of ether oxygens (including phenoxy) is 2. The minimum absolute atomic E-state index is 0.0685. The molecule has 5 heteroatoms. The molecule has 24 heavy (non-hydrogen) atoms. The van der Waals surface area contributed by atoms with Crippen molar-refractivity contribution in [3.63, 3.8) is 0 Å². The second-order valence-electron chi connectivity index (χ2n) is 4.97. The van der Waals surface area contributed by atoms with E-state index in [0.717, 1.165) is 5.56 Å². The van der Waals surface area contributed by atoms with E-state index in [1.54, 1.807) is 12.1 Å². The van der Waals surface area contributed by atoms with E-state index in [9.17, 15) is 9.90 Å². The van der Waals surface area contributed by atoms with Gasteiger partial charge >= 0.3 is 5.97 Å². The molecular weight excluding hydrogens is 306 g/mol. The Labute approximate surface area is 140 Å². The molecule has 0 aromatic heterocycles. The van der Waals surface area contributed by atoms with E-state index >= 15 is 0 Å². The molecule has 0 aliphatic carbocycles. The molecule has 0 spiro atoms. The van der Waals surface area contributed by atoms with Gasteiger partial charge in [0.25, 0.3) is 0 Å². The van der Waals surface area contributed by atoms with Gasteiger partial charge in [0.05, 0.1) is 13.7 Å². The fraction of sp³-hybridized carbons (Fsp3) is 0.158. The molecule has 0 fully saturated rings. The van der Waals surface area contributed by atoms with Crippen LogP contribution in [0, 0.1) is 11.3 Å². The number of nitrogens with zero attached hydrogens (tertiary/aromatic N) is 1. The number of carbonyl (C=O) groups is 1. The molecular formula is C19H17NO4. The zero-order valence-corrected chi connectivity index (χ0v) is 13.2. The summed E-state index contributed by atoms with van der Waals surface area (Å²) in [5.74, 6) is -0.444. The first-order chi connectivity index (χ1) is 11.6. The van der Waals surface area contributed by atoms with Crippen LogP contribution in [0.3, 0.4) is 0 Å². The summed E-state index contributed by atoms with van der Waals surface area (Å²) in [5.41, 5.74) is 1.42. The largest absolute Gasteiger partial charge is 0.504 e. The Morgan fingerprint density at radius 2 is 2.00 bits per heavy atom. The third-order valence-electron chi connectivity index (χ3n) is 3.32. The van der Waals surface area contributed by atoms with Gasteiger partial charge in [0.15, 0.2) is 11.5 Å². The Kier molecular flexibility index (Phi) is 5.98. The molecule has 0 heterocycles. The van der Waals surface area contributed by atoms with Crippen molar-refractivity contribution in [1.29, 1.82) is 5.26 Å². The van der Waals surface area contributed by atoms with Gasteiger partial charge in [-0.05, 0) is 29.3 Å². The number of methoxy groups -OCH3 is 1. The van der Waals surface area contributed by atoms with Crippen molar-refractivity contribution in [3.05, 3.63) is 65.2 Å². The maximum absolute atomic E-state index is 12.0. The number of rotatable bonds is 6. The van der Waals surface area contributed by atoms with Crippen molar-refractivity contribution in [2.75, 3.05) is 13.7 Å². The van der Waals surface area contributed by atoms with Crippen LogP contribution in [-0.2, 0) is 16.0 Å². The number of benzene rings is 2. The van der Waals surface area contributed by atoms with E-state index < -0.39 is 5.97 Å². The van der Waals surface area contributed by atoms with Crippen molar-refractivity contribution < 1.29 is 19.4 Å². The van der Waals surface area contributed by atoms with Gasteiger partial charge in [-0.3, -0.25) is 0 Å². The summed E-state index contributed by atoms with van der Waals surface area (Å²) in [6.45, 7) is 0.190. The topological polar surface area (TPSA) is 79.5 Å². The van der Waals surface area contributed by atoms with Crippen molar-refractivity contribution in [1.82, 2.24) is 0 Å². The number of aromatic hydroxyl groups is 1. The van der Waals surface area contributed by atoms with Crippen LogP contribution in [0.1, 0.15) is 11.1 Å². The van der Waals surface area contributed by atoms with Gasteiger partial charge in [-0.25, -0.2) is 4.79 Å². The van der Waals surface area contributed by atoms with Crippen LogP contribution in [0.4, 0.5) is 0 Å². The van der Waals surface area contributed by atoms with Gasteiger partial charge in [0.2, 0.25) is 0 Å². The third kappa shape index (κ3) is 4.62. The van der Waals surface area contributed by atoms with Crippen LogP contribution >= 0.6 is 0 Å². The zero-order valence-electron chi connectivity index (χ0n) is 13.2. The van der Waals surface area contributed by atoms with Gasteiger partial charge in [0, 0.05) is 6.42 Å². The Hall–Kier alpha value is -3.26. The number of carbonyl (C=O) groups excluding carboxylic acids is 1. The van der Waals surface area contributed by atoms with Gasteiger partial charge in [-0.1, -0.05) is 36.4 Å². The molecule has 5 nitrogen and oxygen atoms in total. The molecule has 1 N–H and O–H groups in total. The molecule has 0 saturated heterocycles. The molecule has 0 aliphatic rings. The van der Waals surface area contributed by atoms with Gasteiger partial charge < -0.3 is 14.6 Å². The molecule has 0 amide bonds. The quantitative estimate of drug-likeness (QED) is 0.502. The highest BCUT2D eigenvalue weighted by Gasteiger charge is 2.11. The average molecular weight is 323 g/mol. The van der Waals surface area contributed by atoms with Crippen molar-refractivity contribution in [2.24, 2.45) is 0 Å². The van der Waals surface area contributed by atoms with Gasteiger partial charge in [0.1, 0.15) is 11.6 Å². The van der Waals surface area contributed by atoms with E-state index in [1.165, 1.54) is 19.3 Å². The van der Waals surface area contributed by atoms with E-state index in [-0.39, 0.29) is 17.9 Å². The Morgan fingerprint density at radius 1 is 1.25 bits per heavy atom. The highest BCUT2D eigenvalue weighted by molar-refractivity contribution is 5.97. The summed E-state index contributed by atoms with van der Waals surface area (Å²) in [6, 6.07) is 16.0. The zero-order chi connectivity index (χ0) is 17.4. The molecule has 0 atom stereocenters. The van der Waals surface area contributed by atoms with Crippen molar-refractivity contribution in [2.45, 2.75) is 6.42 Å². The second-order valence-corrected chi connectivity index (χ2v) is 4.97. The standard InChI is InChI=1S/C19H17NO4/c1-23-18-8-7-15(12-17(18)21)11-16(13-20)19(22)24-10-9-14-5-3-2-4-6-14/h2-8,11-12,21H,9-10H2,1H3. The van der Waals surface area contributed by atoms with Crippen LogP contribution in [0.15, 0.2) is 54.1 Å². The SMILES string of the molecule is COc1ccc(C=C(C#N)C(=O)OCCc2ccccc2)cc1O. The minimum atomic E-state index is -0.691. The predicted molar refractivity (Wildman–Crippen MR) is 89.4 cm³/mol. The lowest BCUT2D eigenvalue weighted by atomic mass is 10.1. The van der Waals surface area contributed by atoms with Crippen LogP contribution in [0.5, 0.6) is 11.5 Å². The number of phenolic OH excluding ortho intramolecular Hbond substituents is 1. The van der Waals surface area contributed by atoms with Crippen LogP contribution in [-0.4, -0.2) is 24.8 Å². The number of nitriles is 1. The molecule has 0 aliphatic heterocycles. The monoisotopic (exact) mass is 323 g/mol. The van der Waals surface area contributed by atoms with Gasteiger partial charge in [-0.2, -0.15) is 5.26 Å². The molecule has 122 valence electrons. The Balaban J connectivity index is 2.00. The maximum atomic E-state index is 12.0. The normalized spacial score (nSPS) is 10.8. The summed E-state index contributed by atoms with van der Waals surface area (Å²) < 4.78 is 10.1. The first kappa shape index (κ1) is 17.1. The Morgan fingerprint density at radius 3 is 2.62 bits per heavy atom. The molecule has 0 radical (unpaired) electrons. The first-order valence-electron chi connectivity index (χ1n) is 7.34. The molecule has 0 unspecified atom stereocenters. The molecule has 0 bridgehead atoms. The molecule has 2 rings (SSSR count). The summed E-state index contributed by atoms with van der Waals surface area (Å²) in [4.78, 5) is 12.0. The van der Waals surface area contributed by atoms with Crippen LogP contribution < -0.4 is 4.74 Å². The fourth-order valence-electron chi connectivity index (χ4n) is 2.08. The number of phenols is 1. The second kappa shape index (κ2) is 8.39. The lowest BCUT2D eigenvalue weighted by Gasteiger charge is -2.05. The minimum Gasteiger partial charge on any atom is -0.504 e. The van der Waals surface area contributed by atoms with Crippen molar-refractivity contribution in [3.8, 4) is 17.6 Å². The maximum Gasteiger partial charge on any atom is 0.348 e. The lowest BCUT2D eigenvalue weighted by molar-refractivity contribution is -0.138. The van der Waals surface area contributed by atoms with E-state index in [1.807, 2.05) is 36.4 Å². The highest BCUT2D eigenvalue weighted by Crippen LogP contribution is 2.27. The number of hydrogen-bond acceptors (Lipinski definition) is 5.